The Hall–Kier alpha value is -2.52. The van der Waals surface area contributed by atoms with Gasteiger partial charge in [-0.1, -0.05) is 35.5 Å². The maximum absolute atomic E-state index is 12.1. The van der Waals surface area contributed by atoms with E-state index in [1.54, 1.807) is 6.07 Å². The summed E-state index contributed by atoms with van der Waals surface area (Å²) in [5, 5.41) is 16.9. The normalized spacial score (nSPS) is 10.5. The topological polar surface area (TPSA) is 71.6 Å². The van der Waals surface area contributed by atoms with Crippen molar-refractivity contribution in [3.8, 4) is 16.5 Å². The van der Waals surface area contributed by atoms with Gasteiger partial charge in [0.25, 0.3) is 5.56 Å². The van der Waals surface area contributed by atoms with Crippen molar-refractivity contribution in [2.45, 2.75) is 6.54 Å². The maximum Gasteiger partial charge on any atom is 0.279 e. The van der Waals surface area contributed by atoms with Crippen molar-refractivity contribution in [3.05, 3.63) is 46.8 Å². The van der Waals surface area contributed by atoms with Crippen molar-refractivity contribution < 1.29 is 0 Å². The highest BCUT2D eigenvalue weighted by Gasteiger charge is 2.10. The second-order valence-electron chi connectivity index (χ2n) is 3.91. The van der Waals surface area contributed by atoms with Crippen LogP contribution in [0.3, 0.4) is 0 Å². The molecule has 2 heterocycles. The summed E-state index contributed by atoms with van der Waals surface area (Å²) in [6.45, 7) is -0.0850. The molecule has 6 heteroatoms. The minimum atomic E-state index is -0.273. The quantitative estimate of drug-likeness (QED) is 0.713. The lowest BCUT2D eigenvalue weighted by atomic mass is 10.2. The van der Waals surface area contributed by atoms with E-state index in [2.05, 4.69) is 10.3 Å². The second-order valence-corrected chi connectivity index (χ2v) is 4.94. The van der Waals surface area contributed by atoms with Gasteiger partial charge < -0.3 is 0 Å². The van der Waals surface area contributed by atoms with E-state index in [9.17, 15) is 4.79 Å². The largest absolute Gasteiger partial charge is 0.279 e. The van der Waals surface area contributed by atoms with Gasteiger partial charge in [-0.25, -0.2) is 0 Å². The van der Waals surface area contributed by atoms with Crippen molar-refractivity contribution in [3.63, 3.8) is 0 Å². The molecule has 0 aliphatic rings. The Labute approximate surface area is 112 Å². The van der Waals surface area contributed by atoms with Crippen LogP contribution in [0.15, 0.2) is 41.2 Å². The number of rotatable bonds is 2. The van der Waals surface area contributed by atoms with E-state index in [1.165, 1.54) is 11.3 Å². The Kier molecular flexibility index (Phi) is 2.82. The van der Waals surface area contributed by atoms with Crippen molar-refractivity contribution in [1.82, 2.24) is 15.0 Å². The molecular formula is C13H8N4OS. The first-order valence-corrected chi connectivity index (χ1v) is 6.41. The molecule has 0 saturated heterocycles. The molecular weight excluding hydrogens is 260 g/mol. The van der Waals surface area contributed by atoms with Gasteiger partial charge in [-0.3, -0.25) is 4.79 Å². The van der Waals surface area contributed by atoms with Crippen LogP contribution in [-0.4, -0.2) is 15.0 Å². The molecule has 0 aliphatic heterocycles. The Bertz CT molecular complexity index is 829. The van der Waals surface area contributed by atoms with Crippen molar-refractivity contribution in [2.75, 3.05) is 0 Å². The molecule has 0 unspecified atom stereocenters. The summed E-state index contributed by atoms with van der Waals surface area (Å²) in [4.78, 5) is 13.6. The van der Waals surface area contributed by atoms with Crippen LogP contribution in [0, 0.1) is 11.3 Å². The average Bonchev–Trinajstić information content (AvgIpc) is 2.88. The van der Waals surface area contributed by atoms with Crippen molar-refractivity contribution in [1.29, 1.82) is 5.26 Å². The molecule has 0 bridgehead atoms. The number of hydrogen-bond donors (Lipinski definition) is 0. The lowest BCUT2D eigenvalue weighted by molar-refractivity contribution is 0.618. The fourth-order valence-electron chi connectivity index (χ4n) is 1.80. The first-order valence-electron chi connectivity index (χ1n) is 5.59. The number of thiophene rings is 1. The predicted octanol–water partition coefficient (Wildman–Crippen LogP) is 2.04. The molecule has 1 aromatic carbocycles. The number of nitrogens with zero attached hydrogens (tertiary/aromatic N) is 4. The molecule has 3 aromatic rings. The zero-order valence-corrected chi connectivity index (χ0v) is 10.6. The van der Waals surface area contributed by atoms with Crippen LogP contribution >= 0.6 is 11.3 Å². The van der Waals surface area contributed by atoms with E-state index in [1.807, 2.05) is 36.4 Å². The summed E-state index contributed by atoms with van der Waals surface area (Å²) in [6, 6.07) is 13.5. The van der Waals surface area contributed by atoms with E-state index in [4.69, 9.17) is 5.26 Å². The highest BCUT2D eigenvalue weighted by atomic mass is 32.1. The summed E-state index contributed by atoms with van der Waals surface area (Å²) in [5.41, 5.74) is 0.765. The van der Waals surface area contributed by atoms with Crippen molar-refractivity contribution >= 4 is 21.6 Å². The first-order chi connectivity index (χ1) is 9.29. The molecule has 0 saturated carbocycles. The van der Waals surface area contributed by atoms with Gasteiger partial charge in [0.2, 0.25) is 0 Å². The van der Waals surface area contributed by atoms with Gasteiger partial charge >= 0.3 is 0 Å². The van der Waals surface area contributed by atoms with Crippen LogP contribution in [0.2, 0.25) is 0 Å². The Morgan fingerprint density at radius 1 is 1.32 bits per heavy atom. The van der Waals surface area contributed by atoms with Gasteiger partial charge in [-0.15, -0.1) is 16.4 Å². The van der Waals surface area contributed by atoms with E-state index < -0.39 is 0 Å². The average molecular weight is 268 g/mol. The zero-order chi connectivity index (χ0) is 13.2. The van der Waals surface area contributed by atoms with Gasteiger partial charge in [0.15, 0.2) is 4.83 Å². The van der Waals surface area contributed by atoms with Crippen LogP contribution in [0.5, 0.6) is 0 Å². The third-order valence-electron chi connectivity index (χ3n) is 2.70. The van der Waals surface area contributed by atoms with Crippen LogP contribution < -0.4 is 5.56 Å². The second kappa shape index (κ2) is 4.63. The third-order valence-corrected chi connectivity index (χ3v) is 3.77. The minimum absolute atomic E-state index is 0.0850. The molecule has 0 N–H and O–H groups in total. The van der Waals surface area contributed by atoms with Gasteiger partial charge in [-0.2, -0.15) is 9.94 Å². The highest BCUT2D eigenvalue weighted by Crippen LogP contribution is 2.30. The standard InChI is InChI=1S/C13H8N4OS/c14-6-7-17-13(18)10-8-11(19-12(10)15-16-17)9-4-2-1-3-5-9/h1-5,8H,7H2. The molecule has 92 valence electrons. The molecule has 0 fully saturated rings. The van der Waals surface area contributed by atoms with E-state index in [0.29, 0.717) is 10.2 Å². The first kappa shape index (κ1) is 11.6. The fourth-order valence-corrected chi connectivity index (χ4v) is 2.77. The van der Waals surface area contributed by atoms with E-state index in [-0.39, 0.29) is 12.1 Å². The molecule has 5 nitrogen and oxygen atoms in total. The molecule has 0 spiro atoms. The number of aromatic nitrogens is 3. The number of fused-ring (bicyclic) bond motifs is 1. The van der Waals surface area contributed by atoms with Crippen LogP contribution in [0.25, 0.3) is 20.7 Å². The van der Waals surface area contributed by atoms with Gasteiger partial charge in [0.05, 0.1) is 11.5 Å². The fraction of sp³-hybridized carbons (Fsp3) is 0.0769. The Morgan fingerprint density at radius 3 is 2.84 bits per heavy atom. The van der Waals surface area contributed by atoms with Crippen LogP contribution in [0.4, 0.5) is 0 Å². The summed E-state index contributed by atoms with van der Waals surface area (Å²) in [5.74, 6) is 0. The smallest absolute Gasteiger partial charge is 0.267 e. The number of benzene rings is 1. The minimum Gasteiger partial charge on any atom is -0.267 e. The van der Waals surface area contributed by atoms with Crippen LogP contribution in [0.1, 0.15) is 0 Å². The lowest BCUT2D eigenvalue weighted by Crippen LogP contribution is -2.22. The maximum atomic E-state index is 12.1. The number of nitriles is 1. The zero-order valence-electron chi connectivity index (χ0n) is 9.78. The SMILES string of the molecule is N#CCn1nnc2sc(-c3ccccc3)cc2c1=O. The summed E-state index contributed by atoms with van der Waals surface area (Å²) in [6.07, 6.45) is 0. The number of hydrogen-bond acceptors (Lipinski definition) is 5. The Balaban J connectivity index is 2.20. The third kappa shape index (κ3) is 2.00. The summed E-state index contributed by atoms with van der Waals surface area (Å²) in [7, 11) is 0. The van der Waals surface area contributed by atoms with E-state index >= 15 is 0 Å². The van der Waals surface area contributed by atoms with Crippen LogP contribution in [-0.2, 0) is 6.54 Å². The molecule has 0 amide bonds. The molecule has 0 aliphatic carbocycles. The molecule has 3 rings (SSSR count). The highest BCUT2D eigenvalue weighted by molar-refractivity contribution is 7.21. The monoisotopic (exact) mass is 268 g/mol. The summed E-state index contributed by atoms with van der Waals surface area (Å²) < 4.78 is 1.07. The van der Waals surface area contributed by atoms with Gasteiger partial charge in [0.1, 0.15) is 6.54 Å². The molecule has 0 atom stereocenters. The molecule has 2 aromatic heterocycles. The van der Waals surface area contributed by atoms with Crippen molar-refractivity contribution in [2.24, 2.45) is 0 Å². The van der Waals surface area contributed by atoms with Gasteiger partial charge in [0, 0.05) is 4.88 Å². The molecule has 0 radical (unpaired) electrons. The molecule has 19 heavy (non-hydrogen) atoms. The van der Waals surface area contributed by atoms with E-state index in [0.717, 1.165) is 15.1 Å². The lowest BCUT2D eigenvalue weighted by Gasteiger charge is -1.94. The predicted molar refractivity (Wildman–Crippen MR) is 72.7 cm³/mol. The Morgan fingerprint density at radius 2 is 2.11 bits per heavy atom. The van der Waals surface area contributed by atoms with Gasteiger partial charge in [-0.05, 0) is 11.6 Å². The summed E-state index contributed by atoms with van der Waals surface area (Å²) >= 11 is 1.42.